The molecule has 0 aromatic heterocycles. The Balaban J connectivity index is 1.45. The van der Waals surface area contributed by atoms with Gasteiger partial charge in [-0.1, -0.05) is 60.7 Å². The van der Waals surface area contributed by atoms with Crippen molar-refractivity contribution >= 4 is 0 Å². The lowest BCUT2D eigenvalue weighted by Crippen LogP contribution is -2.58. The molecule has 4 rings (SSSR count). The third kappa shape index (κ3) is 3.32. The van der Waals surface area contributed by atoms with E-state index >= 15 is 0 Å². The van der Waals surface area contributed by atoms with Gasteiger partial charge in [0.25, 0.3) is 0 Å². The Morgan fingerprint density at radius 1 is 0.696 bits per heavy atom. The molecule has 0 radical (unpaired) electrons. The summed E-state index contributed by atoms with van der Waals surface area (Å²) in [5.41, 5.74) is 2.85. The van der Waals surface area contributed by atoms with Crippen LogP contribution >= 0.6 is 0 Å². The maximum absolute atomic E-state index is 3.61. The van der Waals surface area contributed by atoms with Crippen molar-refractivity contribution in [2.75, 3.05) is 26.2 Å². The molecule has 2 aromatic carbocycles. The highest BCUT2D eigenvalue weighted by atomic mass is 15.3. The van der Waals surface area contributed by atoms with Gasteiger partial charge in [0.2, 0.25) is 0 Å². The minimum Gasteiger partial charge on any atom is -0.313 e. The van der Waals surface area contributed by atoms with Crippen molar-refractivity contribution in [2.24, 2.45) is 0 Å². The van der Waals surface area contributed by atoms with Crippen molar-refractivity contribution in [3.05, 3.63) is 71.8 Å². The summed E-state index contributed by atoms with van der Waals surface area (Å²) in [5, 5.41) is 3.61. The Hall–Kier alpha value is -1.68. The highest BCUT2D eigenvalue weighted by Gasteiger charge is 2.39. The van der Waals surface area contributed by atoms with Crippen molar-refractivity contribution in [3.63, 3.8) is 0 Å². The minimum atomic E-state index is 0.632. The van der Waals surface area contributed by atoms with E-state index in [9.17, 15) is 0 Å². The first-order valence-corrected chi connectivity index (χ1v) is 8.67. The fourth-order valence-corrected chi connectivity index (χ4v) is 4.01. The third-order valence-electron chi connectivity index (χ3n) is 5.22. The van der Waals surface area contributed by atoms with Crippen LogP contribution in [0.3, 0.4) is 0 Å². The first-order chi connectivity index (χ1) is 11.4. The summed E-state index contributed by atoms with van der Waals surface area (Å²) in [6.45, 7) is 6.69. The van der Waals surface area contributed by atoms with E-state index in [1.807, 2.05) is 0 Å². The summed E-state index contributed by atoms with van der Waals surface area (Å²) in [4.78, 5) is 5.34. The third-order valence-corrected chi connectivity index (χ3v) is 5.22. The number of nitrogens with zero attached hydrogens (tertiary/aromatic N) is 2. The average Bonchev–Trinajstić information content (AvgIpc) is 3.09. The Kier molecular flexibility index (Phi) is 4.42. The Labute approximate surface area is 138 Å². The molecule has 0 spiro atoms. The molecule has 0 amide bonds. The van der Waals surface area contributed by atoms with Gasteiger partial charge in [0.1, 0.15) is 0 Å². The molecule has 23 heavy (non-hydrogen) atoms. The molecule has 2 aliphatic heterocycles. The van der Waals surface area contributed by atoms with Crippen LogP contribution in [0.2, 0.25) is 0 Å². The van der Waals surface area contributed by atoms with Crippen molar-refractivity contribution in [2.45, 2.75) is 25.2 Å². The van der Waals surface area contributed by atoms with Crippen molar-refractivity contribution in [1.82, 2.24) is 15.1 Å². The largest absolute Gasteiger partial charge is 0.313 e. The van der Waals surface area contributed by atoms with Gasteiger partial charge in [0.05, 0.1) is 0 Å². The maximum atomic E-state index is 3.61. The van der Waals surface area contributed by atoms with Gasteiger partial charge in [0, 0.05) is 51.4 Å². The normalized spacial score (nSPS) is 25.4. The lowest BCUT2D eigenvalue weighted by atomic mass is 10.0. The lowest BCUT2D eigenvalue weighted by Gasteiger charge is -2.44. The molecule has 0 saturated carbocycles. The fraction of sp³-hybridized carbons (Fsp3) is 0.400. The zero-order chi connectivity index (χ0) is 15.5. The molecular formula is C20H25N3. The SMILES string of the molecule is c1ccc(CN2CCN(Cc3ccccc3)[C@H]3CNC[C@H]32)cc1. The van der Waals surface area contributed by atoms with E-state index in [-0.39, 0.29) is 0 Å². The molecule has 1 N–H and O–H groups in total. The molecule has 2 fully saturated rings. The maximum Gasteiger partial charge on any atom is 0.0392 e. The monoisotopic (exact) mass is 307 g/mol. The quantitative estimate of drug-likeness (QED) is 0.935. The zero-order valence-electron chi connectivity index (χ0n) is 13.6. The molecule has 2 atom stereocenters. The molecule has 3 heteroatoms. The second-order valence-corrected chi connectivity index (χ2v) is 6.71. The van der Waals surface area contributed by atoms with Crippen LogP contribution < -0.4 is 5.32 Å². The molecule has 0 unspecified atom stereocenters. The topological polar surface area (TPSA) is 18.5 Å². The van der Waals surface area contributed by atoms with Crippen molar-refractivity contribution in [1.29, 1.82) is 0 Å². The number of nitrogens with one attached hydrogen (secondary N) is 1. The van der Waals surface area contributed by atoms with Gasteiger partial charge in [-0.15, -0.1) is 0 Å². The smallest absolute Gasteiger partial charge is 0.0392 e. The zero-order valence-corrected chi connectivity index (χ0v) is 13.6. The van der Waals surface area contributed by atoms with Crippen molar-refractivity contribution in [3.8, 4) is 0 Å². The van der Waals surface area contributed by atoms with E-state index in [1.54, 1.807) is 0 Å². The fourth-order valence-electron chi connectivity index (χ4n) is 4.01. The van der Waals surface area contributed by atoms with Gasteiger partial charge in [-0.05, 0) is 11.1 Å². The van der Waals surface area contributed by atoms with Gasteiger partial charge < -0.3 is 5.32 Å². The Morgan fingerprint density at radius 3 is 1.57 bits per heavy atom. The summed E-state index contributed by atoms with van der Waals surface area (Å²) in [5.74, 6) is 0. The van der Waals surface area contributed by atoms with E-state index in [1.165, 1.54) is 11.1 Å². The molecular weight excluding hydrogens is 282 g/mol. The molecule has 120 valence electrons. The van der Waals surface area contributed by atoms with Gasteiger partial charge in [-0.3, -0.25) is 9.80 Å². The van der Waals surface area contributed by atoms with E-state index in [2.05, 4.69) is 75.8 Å². The first kappa shape index (κ1) is 14.9. The predicted octanol–water partition coefficient (Wildman–Crippen LogP) is 2.34. The highest BCUT2D eigenvalue weighted by Crippen LogP contribution is 2.24. The van der Waals surface area contributed by atoms with Crippen LogP contribution in [0.25, 0.3) is 0 Å². The number of rotatable bonds is 4. The van der Waals surface area contributed by atoms with E-state index in [4.69, 9.17) is 0 Å². The molecule has 0 bridgehead atoms. The molecule has 2 heterocycles. The van der Waals surface area contributed by atoms with E-state index in [0.717, 1.165) is 39.3 Å². The van der Waals surface area contributed by atoms with Crippen LogP contribution in [0.4, 0.5) is 0 Å². The number of piperazine rings is 1. The predicted molar refractivity (Wildman–Crippen MR) is 94.1 cm³/mol. The summed E-state index contributed by atoms with van der Waals surface area (Å²) >= 11 is 0. The van der Waals surface area contributed by atoms with Gasteiger partial charge >= 0.3 is 0 Å². The van der Waals surface area contributed by atoms with Crippen LogP contribution in [-0.4, -0.2) is 48.1 Å². The lowest BCUT2D eigenvalue weighted by molar-refractivity contribution is 0.0355. The van der Waals surface area contributed by atoms with Crippen molar-refractivity contribution < 1.29 is 0 Å². The standard InChI is InChI=1S/C20H25N3/c1-3-7-17(8-4-1)15-22-11-12-23(20-14-21-13-19(20)22)16-18-9-5-2-6-10-18/h1-10,19-21H,11-16H2/t19-,20+. The van der Waals surface area contributed by atoms with E-state index in [0.29, 0.717) is 12.1 Å². The molecule has 2 aliphatic rings. The van der Waals surface area contributed by atoms with Crippen LogP contribution in [-0.2, 0) is 13.1 Å². The average molecular weight is 307 g/mol. The number of fused-ring (bicyclic) bond motifs is 1. The number of hydrogen-bond donors (Lipinski definition) is 1. The first-order valence-electron chi connectivity index (χ1n) is 8.67. The van der Waals surface area contributed by atoms with Crippen LogP contribution in [0.5, 0.6) is 0 Å². The Morgan fingerprint density at radius 2 is 1.13 bits per heavy atom. The molecule has 2 saturated heterocycles. The molecule has 0 aliphatic carbocycles. The van der Waals surface area contributed by atoms with Gasteiger partial charge in [-0.25, -0.2) is 0 Å². The highest BCUT2D eigenvalue weighted by molar-refractivity contribution is 5.17. The van der Waals surface area contributed by atoms with Gasteiger partial charge in [0.15, 0.2) is 0 Å². The minimum absolute atomic E-state index is 0.632. The van der Waals surface area contributed by atoms with Gasteiger partial charge in [-0.2, -0.15) is 0 Å². The van der Waals surface area contributed by atoms with Crippen LogP contribution in [0.1, 0.15) is 11.1 Å². The van der Waals surface area contributed by atoms with Crippen LogP contribution in [0.15, 0.2) is 60.7 Å². The van der Waals surface area contributed by atoms with Crippen LogP contribution in [0, 0.1) is 0 Å². The van der Waals surface area contributed by atoms with E-state index < -0.39 is 0 Å². The summed E-state index contributed by atoms with van der Waals surface area (Å²) in [6, 6.07) is 23.0. The summed E-state index contributed by atoms with van der Waals surface area (Å²) in [7, 11) is 0. The molecule has 2 aromatic rings. The summed E-state index contributed by atoms with van der Waals surface area (Å²) < 4.78 is 0. The number of benzene rings is 2. The molecule has 3 nitrogen and oxygen atoms in total. The Bertz CT molecular complexity index is 558. The summed E-state index contributed by atoms with van der Waals surface area (Å²) in [6.07, 6.45) is 0. The number of hydrogen-bond acceptors (Lipinski definition) is 3. The second-order valence-electron chi connectivity index (χ2n) is 6.71. The second kappa shape index (κ2) is 6.83.